The number of H-pyrrole nitrogens is 1. The molecule has 0 spiro atoms. The van der Waals surface area contributed by atoms with Gasteiger partial charge < -0.3 is 4.98 Å². The molecule has 5 heteroatoms. The molecule has 0 aliphatic carbocycles. The average molecular weight is 381 g/mol. The maximum absolute atomic E-state index is 12.4. The van der Waals surface area contributed by atoms with Gasteiger partial charge in [0.1, 0.15) is 5.82 Å². The molecule has 0 unspecified atom stereocenters. The van der Waals surface area contributed by atoms with E-state index < -0.39 is 0 Å². The fraction of sp³-hybridized carbons (Fsp3) is 0.0476. The molecule has 0 radical (unpaired) electrons. The number of halogens is 2. The molecule has 1 aromatic heterocycles. The van der Waals surface area contributed by atoms with Crippen molar-refractivity contribution < 1.29 is 0 Å². The molecule has 0 bridgehead atoms. The Morgan fingerprint density at radius 2 is 1.58 bits per heavy atom. The van der Waals surface area contributed by atoms with Crippen molar-refractivity contribution in [1.29, 1.82) is 0 Å². The molecule has 0 amide bonds. The molecular weight excluding hydrogens is 367 g/mol. The van der Waals surface area contributed by atoms with E-state index in [2.05, 4.69) is 9.97 Å². The van der Waals surface area contributed by atoms with Crippen molar-refractivity contribution in [3.8, 4) is 22.5 Å². The van der Waals surface area contributed by atoms with Crippen molar-refractivity contribution in [2.24, 2.45) is 0 Å². The summed E-state index contributed by atoms with van der Waals surface area (Å²) in [5, 5.41) is 1.61. The first-order valence-corrected chi connectivity index (χ1v) is 8.84. The van der Waals surface area contributed by atoms with E-state index >= 15 is 0 Å². The lowest BCUT2D eigenvalue weighted by molar-refractivity contribution is 1.17. The van der Waals surface area contributed by atoms with Crippen LogP contribution in [0.5, 0.6) is 0 Å². The Labute approximate surface area is 160 Å². The fourth-order valence-corrected chi connectivity index (χ4v) is 3.26. The van der Waals surface area contributed by atoms with Gasteiger partial charge in [-0.3, -0.25) is 4.79 Å². The van der Waals surface area contributed by atoms with E-state index in [0.29, 0.717) is 26.8 Å². The van der Waals surface area contributed by atoms with Crippen LogP contribution in [0.15, 0.2) is 65.5 Å². The molecule has 3 aromatic carbocycles. The van der Waals surface area contributed by atoms with Crippen molar-refractivity contribution in [1.82, 2.24) is 9.97 Å². The van der Waals surface area contributed by atoms with Crippen LogP contribution in [0.4, 0.5) is 0 Å². The van der Waals surface area contributed by atoms with Crippen LogP contribution in [0.3, 0.4) is 0 Å². The highest BCUT2D eigenvalue weighted by molar-refractivity contribution is 6.42. The van der Waals surface area contributed by atoms with E-state index in [0.717, 1.165) is 22.3 Å². The highest BCUT2D eigenvalue weighted by Gasteiger charge is 2.09. The van der Waals surface area contributed by atoms with Crippen LogP contribution < -0.4 is 5.56 Å². The molecule has 1 heterocycles. The second-order valence-electron chi connectivity index (χ2n) is 6.10. The molecule has 1 N–H and O–H groups in total. The Morgan fingerprint density at radius 1 is 0.846 bits per heavy atom. The predicted molar refractivity (Wildman–Crippen MR) is 108 cm³/mol. The van der Waals surface area contributed by atoms with Gasteiger partial charge in [0.15, 0.2) is 0 Å². The lowest BCUT2D eigenvalue weighted by Crippen LogP contribution is -2.10. The Kier molecular flexibility index (Phi) is 4.27. The number of hydrogen-bond donors (Lipinski definition) is 1. The van der Waals surface area contributed by atoms with Gasteiger partial charge in [-0.25, -0.2) is 4.98 Å². The van der Waals surface area contributed by atoms with Crippen LogP contribution in [-0.4, -0.2) is 9.97 Å². The highest BCUT2D eigenvalue weighted by atomic mass is 35.5. The summed E-state index contributed by atoms with van der Waals surface area (Å²) < 4.78 is 0. The minimum absolute atomic E-state index is 0.145. The van der Waals surface area contributed by atoms with Crippen LogP contribution in [0.2, 0.25) is 10.0 Å². The van der Waals surface area contributed by atoms with Crippen LogP contribution in [0.1, 0.15) is 5.56 Å². The van der Waals surface area contributed by atoms with Gasteiger partial charge in [0, 0.05) is 5.56 Å². The first-order chi connectivity index (χ1) is 12.5. The third-order valence-corrected chi connectivity index (χ3v) is 5.07. The highest BCUT2D eigenvalue weighted by Crippen LogP contribution is 2.30. The molecule has 4 aromatic rings. The standard InChI is InChI=1S/C21H14Cl2N2O/c1-12-4-2-7-16-19(12)24-20(25-21(16)26)15-6-3-5-13(10-15)14-8-9-17(22)18(23)11-14/h2-11H,1H3,(H,24,25,26). The number of nitrogens with one attached hydrogen (secondary N) is 1. The number of para-hydroxylation sites is 1. The molecule has 0 aliphatic rings. The number of aryl methyl sites for hydroxylation is 1. The van der Waals surface area contributed by atoms with Crippen LogP contribution in [0.25, 0.3) is 33.4 Å². The molecule has 3 nitrogen and oxygen atoms in total. The van der Waals surface area contributed by atoms with Crippen molar-refractivity contribution >= 4 is 34.1 Å². The smallest absolute Gasteiger partial charge is 0.259 e. The summed E-state index contributed by atoms with van der Waals surface area (Å²) in [7, 11) is 0. The third kappa shape index (κ3) is 3.00. The first kappa shape index (κ1) is 16.8. The zero-order valence-electron chi connectivity index (χ0n) is 13.9. The first-order valence-electron chi connectivity index (χ1n) is 8.08. The van der Waals surface area contributed by atoms with Crippen LogP contribution in [0, 0.1) is 6.92 Å². The number of fused-ring (bicyclic) bond motifs is 1. The maximum atomic E-state index is 12.4. The van der Waals surface area contributed by atoms with Crippen LogP contribution >= 0.6 is 23.2 Å². The summed E-state index contributed by atoms with van der Waals surface area (Å²) in [5.74, 6) is 0.540. The van der Waals surface area contributed by atoms with Gasteiger partial charge >= 0.3 is 0 Å². The van der Waals surface area contributed by atoms with E-state index in [1.165, 1.54) is 0 Å². The number of benzene rings is 3. The second-order valence-corrected chi connectivity index (χ2v) is 6.91. The van der Waals surface area contributed by atoms with Gasteiger partial charge in [-0.05, 0) is 47.9 Å². The zero-order chi connectivity index (χ0) is 18.3. The predicted octanol–water partition coefficient (Wildman–Crippen LogP) is 5.87. The number of aromatic nitrogens is 2. The summed E-state index contributed by atoms with van der Waals surface area (Å²) in [6.07, 6.45) is 0. The minimum Gasteiger partial charge on any atom is -0.306 e. The van der Waals surface area contributed by atoms with Gasteiger partial charge in [0.05, 0.1) is 20.9 Å². The quantitative estimate of drug-likeness (QED) is 0.472. The van der Waals surface area contributed by atoms with E-state index in [1.54, 1.807) is 12.1 Å². The number of nitrogens with zero attached hydrogens (tertiary/aromatic N) is 1. The molecule has 0 aliphatic heterocycles. The third-order valence-electron chi connectivity index (χ3n) is 4.33. The van der Waals surface area contributed by atoms with Crippen LogP contribution in [-0.2, 0) is 0 Å². The van der Waals surface area contributed by atoms with Crippen molar-refractivity contribution in [2.45, 2.75) is 6.92 Å². The van der Waals surface area contributed by atoms with Crippen molar-refractivity contribution in [3.63, 3.8) is 0 Å². The summed E-state index contributed by atoms with van der Waals surface area (Å²) >= 11 is 12.1. The van der Waals surface area contributed by atoms with Gasteiger partial charge in [-0.15, -0.1) is 0 Å². The van der Waals surface area contributed by atoms with E-state index in [1.807, 2.05) is 55.5 Å². The normalized spacial score (nSPS) is 11.0. The number of aromatic amines is 1. The number of hydrogen-bond acceptors (Lipinski definition) is 2. The molecule has 0 saturated heterocycles. The summed E-state index contributed by atoms with van der Waals surface area (Å²) in [4.78, 5) is 20.0. The molecule has 0 atom stereocenters. The largest absolute Gasteiger partial charge is 0.306 e. The topological polar surface area (TPSA) is 45.8 Å². The van der Waals surface area contributed by atoms with Gasteiger partial charge in [-0.1, -0.05) is 59.6 Å². The van der Waals surface area contributed by atoms with E-state index in [-0.39, 0.29) is 5.56 Å². The van der Waals surface area contributed by atoms with E-state index in [9.17, 15) is 4.79 Å². The summed E-state index contributed by atoms with van der Waals surface area (Å²) in [5.41, 5.74) is 4.28. The minimum atomic E-state index is -0.145. The molecular formula is C21H14Cl2N2O. The molecule has 128 valence electrons. The Bertz CT molecular complexity index is 1200. The van der Waals surface area contributed by atoms with Gasteiger partial charge in [0.25, 0.3) is 5.56 Å². The monoisotopic (exact) mass is 380 g/mol. The average Bonchev–Trinajstić information content (AvgIpc) is 2.65. The summed E-state index contributed by atoms with van der Waals surface area (Å²) in [6.45, 7) is 1.95. The molecule has 4 rings (SSSR count). The van der Waals surface area contributed by atoms with Crippen molar-refractivity contribution in [2.75, 3.05) is 0 Å². The summed E-state index contributed by atoms with van der Waals surface area (Å²) in [6, 6.07) is 18.9. The van der Waals surface area contributed by atoms with Gasteiger partial charge in [0.2, 0.25) is 0 Å². The Hall–Kier alpha value is -2.62. The lowest BCUT2D eigenvalue weighted by Gasteiger charge is -2.08. The second kappa shape index (κ2) is 6.60. The zero-order valence-corrected chi connectivity index (χ0v) is 15.4. The molecule has 0 saturated carbocycles. The fourth-order valence-electron chi connectivity index (χ4n) is 2.96. The van der Waals surface area contributed by atoms with Crippen molar-refractivity contribution in [3.05, 3.63) is 86.6 Å². The lowest BCUT2D eigenvalue weighted by atomic mass is 10.0. The molecule has 0 fully saturated rings. The SMILES string of the molecule is Cc1cccc2c(=O)[nH]c(-c3cccc(-c4ccc(Cl)c(Cl)c4)c3)nc12. The number of rotatable bonds is 2. The Balaban J connectivity index is 1.87. The van der Waals surface area contributed by atoms with Gasteiger partial charge in [-0.2, -0.15) is 0 Å². The van der Waals surface area contributed by atoms with E-state index in [4.69, 9.17) is 23.2 Å². The Morgan fingerprint density at radius 3 is 2.38 bits per heavy atom. The maximum Gasteiger partial charge on any atom is 0.259 e. The molecule has 26 heavy (non-hydrogen) atoms.